The Morgan fingerprint density at radius 3 is 2.80 bits per heavy atom. The lowest BCUT2D eigenvalue weighted by molar-refractivity contribution is -0.131. The second-order valence-corrected chi connectivity index (χ2v) is 6.86. The maximum atomic E-state index is 12.4. The molecule has 0 radical (unpaired) electrons. The molecule has 1 saturated heterocycles. The molecule has 1 amide bonds. The molecular weight excluding hydrogens is 317 g/mol. The Bertz CT molecular complexity index is 478. The Balaban J connectivity index is 2.07. The molecule has 0 saturated carbocycles. The molecule has 110 valence electrons. The van der Waals surface area contributed by atoms with Crippen LogP contribution in [0.4, 0.5) is 0 Å². The van der Waals surface area contributed by atoms with Crippen LogP contribution in [0.25, 0.3) is 0 Å². The first-order chi connectivity index (χ1) is 9.61. The monoisotopic (exact) mass is 333 g/mol. The number of halogens is 2. The molecule has 1 heterocycles. The van der Waals surface area contributed by atoms with Crippen LogP contribution in [0.2, 0.25) is 10.0 Å². The van der Waals surface area contributed by atoms with Gasteiger partial charge in [0.2, 0.25) is 5.91 Å². The number of aliphatic hydroxyl groups is 1. The average Bonchev–Trinajstić information content (AvgIpc) is 2.95. The van der Waals surface area contributed by atoms with Gasteiger partial charge in [0.25, 0.3) is 0 Å². The molecule has 0 aliphatic carbocycles. The molecule has 1 aromatic rings. The summed E-state index contributed by atoms with van der Waals surface area (Å²) in [6.07, 6.45) is 2.01. The summed E-state index contributed by atoms with van der Waals surface area (Å²) in [6.45, 7) is 0.758. The summed E-state index contributed by atoms with van der Waals surface area (Å²) in [6, 6.07) is 5.35. The molecule has 1 aromatic carbocycles. The van der Waals surface area contributed by atoms with Gasteiger partial charge in [0.1, 0.15) is 0 Å². The Kier molecular flexibility index (Phi) is 6.02. The molecule has 1 unspecified atom stereocenters. The fraction of sp³-hybridized carbons (Fsp3) is 0.500. The Morgan fingerprint density at radius 1 is 1.40 bits per heavy atom. The van der Waals surface area contributed by atoms with Crippen molar-refractivity contribution in [1.29, 1.82) is 0 Å². The van der Waals surface area contributed by atoms with Crippen molar-refractivity contribution >= 4 is 40.9 Å². The minimum Gasteiger partial charge on any atom is -0.395 e. The van der Waals surface area contributed by atoms with Crippen molar-refractivity contribution in [3.05, 3.63) is 33.8 Å². The van der Waals surface area contributed by atoms with E-state index in [0.717, 1.165) is 24.2 Å². The number of hydrogen-bond acceptors (Lipinski definition) is 3. The molecule has 0 spiro atoms. The third kappa shape index (κ3) is 4.04. The molecule has 1 fully saturated rings. The van der Waals surface area contributed by atoms with E-state index in [1.807, 2.05) is 6.07 Å². The smallest absolute Gasteiger partial charge is 0.236 e. The molecule has 2 rings (SSSR count). The fourth-order valence-electron chi connectivity index (χ4n) is 2.22. The van der Waals surface area contributed by atoms with Gasteiger partial charge in [-0.15, -0.1) is 11.8 Å². The van der Waals surface area contributed by atoms with Gasteiger partial charge in [-0.05, 0) is 36.3 Å². The number of aliphatic hydroxyl groups excluding tert-OH is 1. The molecule has 20 heavy (non-hydrogen) atoms. The Morgan fingerprint density at radius 2 is 2.20 bits per heavy atom. The van der Waals surface area contributed by atoms with Crippen LogP contribution in [0.5, 0.6) is 0 Å². The standard InChI is InChI=1S/C14H17Cl2NO2S/c15-11-4-3-10(8-12(11)16)9-17(5-6-18)14(19)13-2-1-7-20-13/h3-4,8,13,18H,1-2,5-7,9H2. The van der Waals surface area contributed by atoms with Crippen molar-refractivity contribution in [2.75, 3.05) is 18.9 Å². The van der Waals surface area contributed by atoms with E-state index in [2.05, 4.69) is 0 Å². The van der Waals surface area contributed by atoms with E-state index in [-0.39, 0.29) is 17.8 Å². The van der Waals surface area contributed by atoms with Crippen molar-refractivity contribution in [2.24, 2.45) is 0 Å². The predicted octanol–water partition coefficient (Wildman–Crippen LogP) is 3.21. The number of amides is 1. The number of benzene rings is 1. The zero-order valence-corrected chi connectivity index (χ0v) is 13.3. The maximum Gasteiger partial charge on any atom is 0.236 e. The maximum absolute atomic E-state index is 12.4. The molecule has 1 atom stereocenters. The first-order valence-corrected chi connectivity index (χ1v) is 8.37. The van der Waals surface area contributed by atoms with Gasteiger partial charge in [0.15, 0.2) is 0 Å². The number of rotatable bonds is 5. The lowest BCUT2D eigenvalue weighted by Gasteiger charge is -2.24. The molecule has 0 bridgehead atoms. The van der Waals surface area contributed by atoms with Gasteiger partial charge in [-0.2, -0.15) is 0 Å². The van der Waals surface area contributed by atoms with E-state index in [1.165, 1.54) is 0 Å². The molecule has 3 nitrogen and oxygen atoms in total. The Labute approximate surface area is 133 Å². The zero-order valence-electron chi connectivity index (χ0n) is 11.0. The van der Waals surface area contributed by atoms with Crippen LogP contribution in [0.15, 0.2) is 18.2 Å². The first-order valence-electron chi connectivity index (χ1n) is 6.57. The summed E-state index contributed by atoms with van der Waals surface area (Å²) in [7, 11) is 0. The quantitative estimate of drug-likeness (QED) is 0.899. The SMILES string of the molecule is O=C(C1CCCS1)N(CCO)Cc1ccc(Cl)c(Cl)c1. The van der Waals surface area contributed by atoms with Gasteiger partial charge in [0.05, 0.1) is 21.9 Å². The summed E-state index contributed by atoms with van der Waals surface area (Å²) in [5, 5.41) is 10.2. The van der Waals surface area contributed by atoms with Crippen LogP contribution in [0.3, 0.4) is 0 Å². The summed E-state index contributed by atoms with van der Waals surface area (Å²) >= 11 is 13.6. The fourth-order valence-corrected chi connectivity index (χ4v) is 3.79. The highest BCUT2D eigenvalue weighted by Crippen LogP contribution is 2.29. The van der Waals surface area contributed by atoms with Crippen molar-refractivity contribution in [1.82, 2.24) is 4.90 Å². The second-order valence-electron chi connectivity index (χ2n) is 4.73. The highest BCUT2D eigenvalue weighted by molar-refractivity contribution is 8.00. The molecule has 1 aliphatic heterocycles. The van der Waals surface area contributed by atoms with Gasteiger partial charge < -0.3 is 10.0 Å². The van der Waals surface area contributed by atoms with E-state index >= 15 is 0 Å². The van der Waals surface area contributed by atoms with Crippen molar-refractivity contribution in [2.45, 2.75) is 24.6 Å². The van der Waals surface area contributed by atoms with Gasteiger partial charge in [-0.25, -0.2) is 0 Å². The van der Waals surface area contributed by atoms with Crippen LogP contribution in [-0.2, 0) is 11.3 Å². The summed E-state index contributed by atoms with van der Waals surface area (Å²) in [5.41, 5.74) is 0.921. The van der Waals surface area contributed by atoms with Crippen LogP contribution in [0.1, 0.15) is 18.4 Å². The van der Waals surface area contributed by atoms with E-state index in [0.29, 0.717) is 23.1 Å². The number of carbonyl (C=O) groups is 1. The molecule has 1 aliphatic rings. The summed E-state index contributed by atoms with van der Waals surface area (Å²) in [5.74, 6) is 1.14. The van der Waals surface area contributed by atoms with Crippen LogP contribution in [-0.4, -0.2) is 40.1 Å². The molecule has 0 aromatic heterocycles. The lowest BCUT2D eigenvalue weighted by atomic mass is 10.2. The van der Waals surface area contributed by atoms with Crippen molar-refractivity contribution in [3.8, 4) is 0 Å². The third-order valence-corrected chi connectivity index (χ3v) is 5.35. The minimum absolute atomic E-state index is 0.0318. The number of nitrogens with zero attached hydrogens (tertiary/aromatic N) is 1. The molecule has 6 heteroatoms. The summed E-state index contributed by atoms with van der Waals surface area (Å²) < 4.78 is 0. The largest absolute Gasteiger partial charge is 0.395 e. The van der Waals surface area contributed by atoms with E-state index < -0.39 is 0 Å². The molecular formula is C14H17Cl2NO2S. The first kappa shape index (κ1) is 16.0. The van der Waals surface area contributed by atoms with E-state index in [9.17, 15) is 4.79 Å². The lowest BCUT2D eigenvalue weighted by Crippen LogP contribution is -2.38. The number of hydrogen-bond donors (Lipinski definition) is 1. The van der Waals surface area contributed by atoms with Crippen LogP contribution < -0.4 is 0 Å². The normalized spacial score (nSPS) is 18.2. The van der Waals surface area contributed by atoms with E-state index in [4.69, 9.17) is 28.3 Å². The number of thioether (sulfide) groups is 1. The number of carbonyl (C=O) groups excluding carboxylic acids is 1. The minimum atomic E-state index is -0.0373. The van der Waals surface area contributed by atoms with E-state index in [1.54, 1.807) is 28.8 Å². The average molecular weight is 334 g/mol. The third-order valence-electron chi connectivity index (χ3n) is 3.24. The predicted molar refractivity (Wildman–Crippen MR) is 84.4 cm³/mol. The highest BCUT2D eigenvalue weighted by Gasteiger charge is 2.27. The van der Waals surface area contributed by atoms with Gasteiger partial charge in [0, 0.05) is 13.1 Å². The zero-order chi connectivity index (χ0) is 14.5. The van der Waals surface area contributed by atoms with Gasteiger partial charge in [-0.1, -0.05) is 29.3 Å². The second kappa shape index (κ2) is 7.55. The van der Waals surface area contributed by atoms with Crippen molar-refractivity contribution in [3.63, 3.8) is 0 Å². The van der Waals surface area contributed by atoms with Crippen molar-refractivity contribution < 1.29 is 9.90 Å². The van der Waals surface area contributed by atoms with Gasteiger partial charge in [-0.3, -0.25) is 4.79 Å². The van der Waals surface area contributed by atoms with Gasteiger partial charge >= 0.3 is 0 Å². The summed E-state index contributed by atoms with van der Waals surface area (Å²) in [4.78, 5) is 14.1. The molecule has 1 N–H and O–H groups in total. The highest BCUT2D eigenvalue weighted by atomic mass is 35.5. The topological polar surface area (TPSA) is 40.5 Å². The Hall–Kier alpha value is -0.420. The van der Waals surface area contributed by atoms with Crippen LogP contribution >= 0.6 is 35.0 Å². The van der Waals surface area contributed by atoms with Crippen LogP contribution in [0, 0.1) is 0 Å².